The third-order valence-corrected chi connectivity index (χ3v) is 2.59. The highest BCUT2D eigenvalue weighted by Crippen LogP contribution is 2.40. The van der Waals surface area contributed by atoms with Crippen LogP contribution in [0.25, 0.3) is 0 Å². The van der Waals surface area contributed by atoms with Gasteiger partial charge in [0.1, 0.15) is 6.29 Å². The van der Waals surface area contributed by atoms with Gasteiger partial charge in [-0.25, -0.2) is 0 Å². The molecule has 0 aromatic heterocycles. The Morgan fingerprint density at radius 1 is 1.25 bits per heavy atom. The van der Waals surface area contributed by atoms with Gasteiger partial charge < -0.3 is 20.1 Å². The van der Waals surface area contributed by atoms with Crippen molar-refractivity contribution in [1.29, 1.82) is 0 Å². The summed E-state index contributed by atoms with van der Waals surface area (Å²) < 4.78 is 0. The van der Waals surface area contributed by atoms with E-state index in [2.05, 4.69) is 0 Å². The normalized spacial score (nSPS) is 12.3. The number of phenols is 3. The largest absolute Gasteiger partial charge is 0.504 e. The maximum absolute atomic E-state index is 10.9. The molecular formula is C12H16O4. The van der Waals surface area contributed by atoms with Crippen LogP contribution in [-0.4, -0.2) is 21.6 Å². The monoisotopic (exact) mass is 224 g/mol. The van der Waals surface area contributed by atoms with Gasteiger partial charge in [-0.05, 0) is 12.5 Å². The fourth-order valence-electron chi connectivity index (χ4n) is 1.60. The van der Waals surface area contributed by atoms with Gasteiger partial charge in [-0.2, -0.15) is 0 Å². The van der Waals surface area contributed by atoms with Gasteiger partial charge in [0, 0.05) is 11.5 Å². The van der Waals surface area contributed by atoms with Crippen LogP contribution in [0.1, 0.15) is 37.7 Å². The molecule has 1 rings (SSSR count). The summed E-state index contributed by atoms with van der Waals surface area (Å²) in [5.41, 5.74) is 0.360. The molecule has 0 aliphatic carbocycles. The lowest BCUT2D eigenvalue weighted by atomic mass is 9.94. The van der Waals surface area contributed by atoms with Crippen molar-refractivity contribution in [1.82, 2.24) is 0 Å². The summed E-state index contributed by atoms with van der Waals surface area (Å²) in [6.45, 7) is 2.01. The van der Waals surface area contributed by atoms with Crippen molar-refractivity contribution in [2.24, 2.45) is 0 Å². The highest BCUT2D eigenvalue weighted by atomic mass is 16.3. The zero-order chi connectivity index (χ0) is 12.1. The van der Waals surface area contributed by atoms with E-state index in [0.717, 1.165) is 19.1 Å². The lowest BCUT2D eigenvalue weighted by Gasteiger charge is -2.13. The highest BCUT2D eigenvalue weighted by molar-refractivity contribution is 5.67. The van der Waals surface area contributed by atoms with Crippen LogP contribution in [0, 0.1) is 0 Å². The Morgan fingerprint density at radius 3 is 2.50 bits per heavy atom. The molecule has 1 atom stereocenters. The lowest BCUT2D eigenvalue weighted by molar-refractivity contribution is -0.109. The molecule has 4 heteroatoms. The Balaban J connectivity index is 3.01. The second kappa shape index (κ2) is 5.39. The van der Waals surface area contributed by atoms with E-state index in [9.17, 15) is 15.0 Å². The lowest BCUT2D eigenvalue weighted by Crippen LogP contribution is -2.00. The summed E-state index contributed by atoms with van der Waals surface area (Å²) in [6, 6.07) is 2.73. The molecule has 1 unspecified atom stereocenters. The Bertz CT molecular complexity index is 374. The molecule has 0 radical (unpaired) electrons. The second-order valence-electron chi connectivity index (χ2n) is 3.76. The average molecular weight is 224 g/mol. The number of carbonyl (C=O) groups excluding carboxylic acids is 1. The molecular weight excluding hydrogens is 208 g/mol. The molecule has 1 aromatic rings. The second-order valence-corrected chi connectivity index (χ2v) is 3.76. The Morgan fingerprint density at radius 2 is 1.94 bits per heavy atom. The van der Waals surface area contributed by atoms with Gasteiger partial charge >= 0.3 is 0 Å². The Kier molecular flexibility index (Phi) is 4.17. The van der Waals surface area contributed by atoms with Gasteiger partial charge in [0.15, 0.2) is 11.5 Å². The molecule has 0 saturated heterocycles. The van der Waals surface area contributed by atoms with E-state index in [1.165, 1.54) is 12.1 Å². The van der Waals surface area contributed by atoms with E-state index < -0.39 is 17.4 Å². The minimum atomic E-state index is -0.569. The van der Waals surface area contributed by atoms with Crippen LogP contribution >= 0.6 is 0 Å². The first-order valence-electron chi connectivity index (χ1n) is 5.30. The number of unbranched alkanes of at least 4 members (excludes halogenated alkanes) is 1. The number of aldehydes is 1. The van der Waals surface area contributed by atoms with Crippen LogP contribution in [0.4, 0.5) is 0 Å². The number of hydrogen-bond acceptors (Lipinski definition) is 4. The Hall–Kier alpha value is -1.71. The number of benzene rings is 1. The first-order valence-corrected chi connectivity index (χ1v) is 5.30. The smallest absolute Gasteiger partial charge is 0.200 e. The summed E-state index contributed by atoms with van der Waals surface area (Å²) in [5, 5.41) is 28.1. The third-order valence-electron chi connectivity index (χ3n) is 2.59. The fraction of sp³-hybridized carbons (Fsp3) is 0.417. The zero-order valence-electron chi connectivity index (χ0n) is 9.18. The first-order chi connectivity index (χ1) is 7.61. The zero-order valence-corrected chi connectivity index (χ0v) is 9.18. The standard InChI is InChI=1S/C12H16O4/c1-2-3-4-8(7-13)9-5-6-10(14)12(16)11(9)15/h5-8,14-16H,2-4H2,1H3. The number of phenolic OH excluding ortho intramolecular Hbond substituents is 3. The van der Waals surface area contributed by atoms with Crippen molar-refractivity contribution in [2.75, 3.05) is 0 Å². The summed E-state index contributed by atoms with van der Waals surface area (Å²) in [5.74, 6) is -1.80. The molecule has 88 valence electrons. The summed E-state index contributed by atoms with van der Waals surface area (Å²) >= 11 is 0. The molecule has 0 bridgehead atoms. The molecule has 3 N–H and O–H groups in total. The van der Waals surface area contributed by atoms with Crippen LogP contribution in [-0.2, 0) is 4.79 Å². The number of rotatable bonds is 5. The molecule has 1 aromatic carbocycles. The molecule has 4 nitrogen and oxygen atoms in total. The fourth-order valence-corrected chi connectivity index (χ4v) is 1.60. The van der Waals surface area contributed by atoms with Gasteiger partial charge in [-0.3, -0.25) is 0 Å². The van der Waals surface area contributed by atoms with Crippen LogP contribution in [0.5, 0.6) is 17.2 Å². The van der Waals surface area contributed by atoms with Gasteiger partial charge in [0.05, 0.1) is 0 Å². The molecule has 0 saturated carbocycles. The van der Waals surface area contributed by atoms with E-state index in [1.54, 1.807) is 0 Å². The molecule has 0 spiro atoms. The number of hydrogen-bond donors (Lipinski definition) is 3. The van der Waals surface area contributed by atoms with Crippen molar-refractivity contribution < 1.29 is 20.1 Å². The maximum Gasteiger partial charge on any atom is 0.200 e. The molecule has 0 fully saturated rings. The maximum atomic E-state index is 10.9. The minimum Gasteiger partial charge on any atom is -0.504 e. The van der Waals surface area contributed by atoms with E-state index in [0.29, 0.717) is 12.0 Å². The van der Waals surface area contributed by atoms with E-state index in [-0.39, 0.29) is 5.75 Å². The topological polar surface area (TPSA) is 77.8 Å². The number of aromatic hydroxyl groups is 3. The van der Waals surface area contributed by atoms with Crippen molar-refractivity contribution in [3.63, 3.8) is 0 Å². The first kappa shape index (κ1) is 12.4. The molecule has 0 heterocycles. The average Bonchev–Trinajstić information content (AvgIpc) is 2.29. The van der Waals surface area contributed by atoms with Gasteiger partial charge in [-0.15, -0.1) is 0 Å². The highest BCUT2D eigenvalue weighted by Gasteiger charge is 2.18. The van der Waals surface area contributed by atoms with E-state index >= 15 is 0 Å². The van der Waals surface area contributed by atoms with Crippen LogP contribution in [0.2, 0.25) is 0 Å². The van der Waals surface area contributed by atoms with Gasteiger partial charge in [0.25, 0.3) is 0 Å². The molecule has 16 heavy (non-hydrogen) atoms. The molecule has 0 amide bonds. The van der Waals surface area contributed by atoms with Gasteiger partial charge in [-0.1, -0.05) is 25.8 Å². The van der Waals surface area contributed by atoms with E-state index in [4.69, 9.17) is 5.11 Å². The van der Waals surface area contributed by atoms with Crippen molar-refractivity contribution >= 4 is 6.29 Å². The van der Waals surface area contributed by atoms with Crippen molar-refractivity contribution in [2.45, 2.75) is 32.1 Å². The SMILES string of the molecule is CCCCC(C=O)c1ccc(O)c(O)c1O. The van der Waals surface area contributed by atoms with Crippen LogP contribution < -0.4 is 0 Å². The van der Waals surface area contributed by atoms with Crippen molar-refractivity contribution in [3.05, 3.63) is 17.7 Å². The van der Waals surface area contributed by atoms with Crippen LogP contribution in [0.3, 0.4) is 0 Å². The van der Waals surface area contributed by atoms with Crippen LogP contribution in [0.15, 0.2) is 12.1 Å². The third kappa shape index (κ3) is 2.45. The minimum absolute atomic E-state index is 0.360. The summed E-state index contributed by atoms with van der Waals surface area (Å²) in [4.78, 5) is 10.9. The predicted molar refractivity (Wildman–Crippen MR) is 59.8 cm³/mol. The van der Waals surface area contributed by atoms with Gasteiger partial charge in [0.2, 0.25) is 5.75 Å². The summed E-state index contributed by atoms with van der Waals surface area (Å²) in [7, 11) is 0. The summed E-state index contributed by atoms with van der Waals surface area (Å²) in [6.07, 6.45) is 3.19. The molecule has 0 aliphatic rings. The number of carbonyl (C=O) groups is 1. The Labute approximate surface area is 94.2 Å². The van der Waals surface area contributed by atoms with Crippen molar-refractivity contribution in [3.8, 4) is 17.2 Å². The quantitative estimate of drug-likeness (QED) is 0.529. The molecule has 0 aliphatic heterocycles. The van der Waals surface area contributed by atoms with E-state index in [1.807, 2.05) is 6.92 Å². The predicted octanol–water partition coefficient (Wildman–Crippen LogP) is 2.28.